The van der Waals surface area contributed by atoms with Gasteiger partial charge in [-0.05, 0) is 57.0 Å². The molecule has 36 heavy (non-hydrogen) atoms. The quantitative estimate of drug-likeness (QED) is 0.427. The summed E-state index contributed by atoms with van der Waals surface area (Å²) < 4.78 is 28.3. The maximum atomic E-state index is 13.7. The average molecular weight is 508 g/mol. The second-order valence-electron chi connectivity index (χ2n) is 8.82. The summed E-state index contributed by atoms with van der Waals surface area (Å²) in [6, 6.07) is 25.3. The summed E-state index contributed by atoms with van der Waals surface area (Å²) in [5.74, 6) is -0.746. The van der Waals surface area contributed by atoms with Crippen molar-refractivity contribution in [2.45, 2.75) is 44.2 Å². The normalized spacial score (nSPS) is 12.1. The van der Waals surface area contributed by atoms with Crippen molar-refractivity contribution in [3.8, 4) is 0 Å². The molecule has 0 aliphatic rings. The summed E-state index contributed by atoms with van der Waals surface area (Å²) in [4.78, 5) is 28.1. The van der Waals surface area contributed by atoms with Crippen molar-refractivity contribution in [2.24, 2.45) is 0 Å². The first kappa shape index (κ1) is 26.9. The van der Waals surface area contributed by atoms with E-state index in [9.17, 15) is 18.0 Å². The lowest BCUT2D eigenvalue weighted by Gasteiger charge is -2.32. The van der Waals surface area contributed by atoms with Crippen molar-refractivity contribution in [2.75, 3.05) is 17.4 Å². The fraction of sp³-hybridized carbons (Fsp3) is 0.286. The standard InChI is InChI=1S/C28H33N3O4S/c1-22(2)29-28(33)23(3)30(20-19-24-13-7-4-8-14-24)27(32)21-31(25-15-9-5-10-16-25)36(34,35)26-17-11-6-12-18-26/h4-18,22-23H,19-21H2,1-3H3,(H,29,33)/t23-/m0/s1. The van der Waals surface area contributed by atoms with Crippen LogP contribution in [-0.4, -0.2) is 50.3 Å². The third-order valence-corrected chi connectivity index (χ3v) is 7.52. The van der Waals surface area contributed by atoms with E-state index in [0.29, 0.717) is 12.1 Å². The highest BCUT2D eigenvalue weighted by Crippen LogP contribution is 2.24. The molecule has 0 heterocycles. The number of carbonyl (C=O) groups excluding carboxylic acids is 2. The number of sulfonamides is 1. The molecule has 0 saturated heterocycles. The van der Waals surface area contributed by atoms with Gasteiger partial charge in [0.15, 0.2) is 0 Å². The van der Waals surface area contributed by atoms with Crippen LogP contribution in [0.2, 0.25) is 0 Å². The minimum Gasteiger partial charge on any atom is -0.352 e. The number of carbonyl (C=O) groups is 2. The molecule has 0 radical (unpaired) electrons. The summed E-state index contributed by atoms with van der Waals surface area (Å²) in [5.41, 5.74) is 1.39. The maximum absolute atomic E-state index is 13.7. The third kappa shape index (κ3) is 6.95. The summed E-state index contributed by atoms with van der Waals surface area (Å²) in [7, 11) is -4.03. The molecular weight excluding hydrogens is 474 g/mol. The summed E-state index contributed by atoms with van der Waals surface area (Å²) in [6.07, 6.45) is 0.530. The SMILES string of the molecule is CC(C)NC(=O)[C@H](C)N(CCc1ccccc1)C(=O)CN(c1ccccc1)S(=O)(=O)c1ccccc1. The highest BCUT2D eigenvalue weighted by Gasteiger charge is 2.32. The van der Waals surface area contributed by atoms with Crippen LogP contribution in [0.15, 0.2) is 95.9 Å². The third-order valence-electron chi connectivity index (χ3n) is 5.74. The molecule has 8 heteroatoms. The Morgan fingerprint density at radius 3 is 1.89 bits per heavy atom. The molecular formula is C28H33N3O4S. The highest BCUT2D eigenvalue weighted by atomic mass is 32.2. The van der Waals surface area contributed by atoms with E-state index in [1.54, 1.807) is 55.5 Å². The second kappa shape index (κ2) is 12.4. The van der Waals surface area contributed by atoms with Crippen LogP contribution in [0.3, 0.4) is 0 Å². The zero-order chi connectivity index (χ0) is 26.1. The van der Waals surface area contributed by atoms with Crippen molar-refractivity contribution < 1.29 is 18.0 Å². The fourth-order valence-electron chi connectivity index (χ4n) is 3.82. The van der Waals surface area contributed by atoms with Gasteiger partial charge in [0.1, 0.15) is 12.6 Å². The van der Waals surface area contributed by atoms with E-state index in [1.807, 2.05) is 44.2 Å². The summed E-state index contributed by atoms with van der Waals surface area (Å²) in [6.45, 7) is 5.20. The number of anilines is 1. The van der Waals surface area contributed by atoms with Crippen LogP contribution in [-0.2, 0) is 26.0 Å². The molecule has 0 fully saturated rings. The molecule has 0 bridgehead atoms. The number of para-hydroxylation sites is 1. The smallest absolute Gasteiger partial charge is 0.264 e. The van der Waals surface area contributed by atoms with Gasteiger partial charge in [0, 0.05) is 12.6 Å². The van der Waals surface area contributed by atoms with Crippen molar-refractivity contribution in [3.05, 3.63) is 96.6 Å². The number of benzene rings is 3. The Hall–Kier alpha value is -3.65. The van der Waals surface area contributed by atoms with E-state index in [1.165, 1.54) is 17.0 Å². The molecule has 1 atom stereocenters. The van der Waals surface area contributed by atoms with Gasteiger partial charge in [-0.25, -0.2) is 8.42 Å². The van der Waals surface area contributed by atoms with Crippen LogP contribution >= 0.6 is 0 Å². The monoisotopic (exact) mass is 507 g/mol. The number of amides is 2. The van der Waals surface area contributed by atoms with Crippen molar-refractivity contribution in [1.29, 1.82) is 0 Å². The van der Waals surface area contributed by atoms with E-state index < -0.39 is 28.5 Å². The minimum absolute atomic E-state index is 0.0862. The molecule has 3 rings (SSSR count). The fourth-order valence-corrected chi connectivity index (χ4v) is 5.25. The molecule has 3 aromatic carbocycles. The first-order valence-corrected chi connectivity index (χ1v) is 13.4. The maximum Gasteiger partial charge on any atom is 0.264 e. The largest absolute Gasteiger partial charge is 0.352 e. The number of rotatable bonds is 11. The zero-order valence-corrected chi connectivity index (χ0v) is 21.7. The lowest BCUT2D eigenvalue weighted by atomic mass is 10.1. The first-order valence-electron chi connectivity index (χ1n) is 12.0. The van der Waals surface area contributed by atoms with E-state index >= 15 is 0 Å². The molecule has 7 nitrogen and oxygen atoms in total. The Bertz CT molecular complexity index is 1230. The number of nitrogens with one attached hydrogen (secondary N) is 1. The van der Waals surface area contributed by atoms with Gasteiger partial charge in [0.05, 0.1) is 10.6 Å². The molecule has 0 spiro atoms. The van der Waals surface area contributed by atoms with Gasteiger partial charge in [-0.15, -0.1) is 0 Å². The lowest BCUT2D eigenvalue weighted by molar-refractivity contribution is -0.139. The van der Waals surface area contributed by atoms with Crippen LogP contribution in [0.4, 0.5) is 5.69 Å². The number of nitrogens with zero attached hydrogens (tertiary/aromatic N) is 2. The Morgan fingerprint density at radius 2 is 1.33 bits per heavy atom. The predicted molar refractivity (Wildman–Crippen MR) is 142 cm³/mol. The Labute approximate surface area is 213 Å². The van der Waals surface area contributed by atoms with Gasteiger partial charge in [0.2, 0.25) is 11.8 Å². The molecule has 3 aromatic rings. The average Bonchev–Trinajstić information content (AvgIpc) is 2.88. The predicted octanol–water partition coefficient (Wildman–Crippen LogP) is 3.87. The van der Waals surface area contributed by atoms with E-state index in [2.05, 4.69) is 5.32 Å². The van der Waals surface area contributed by atoms with E-state index in [-0.39, 0.29) is 23.4 Å². The molecule has 190 valence electrons. The number of hydrogen-bond acceptors (Lipinski definition) is 4. The van der Waals surface area contributed by atoms with Crippen LogP contribution in [0.25, 0.3) is 0 Å². The molecule has 0 aromatic heterocycles. The highest BCUT2D eigenvalue weighted by molar-refractivity contribution is 7.92. The molecule has 0 aliphatic carbocycles. The molecule has 0 saturated carbocycles. The minimum atomic E-state index is -4.03. The van der Waals surface area contributed by atoms with Gasteiger partial charge in [-0.2, -0.15) is 0 Å². The molecule has 0 unspecified atom stereocenters. The van der Waals surface area contributed by atoms with Crippen molar-refractivity contribution in [1.82, 2.24) is 10.2 Å². The van der Waals surface area contributed by atoms with E-state index in [0.717, 1.165) is 9.87 Å². The summed E-state index contributed by atoms with van der Waals surface area (Å²) >= 11 is 0. The summed E-state index contributed by atoms with van der Waals surface area (Å²) in [5, 5.41) is 2.85. The van der Waals surface area contributed by atoms with Crippen LogP contribution in [0.5, 0.6) is 0 Å². The molecule has 0 aliphatic heterocycles. The number of hydrogen-bond donors (Lipinski definition) is 1. The van der Waals surface area contributed by atoms with Gasteiger partial charge in [0.25, 0.3) is 10.0 Å². The first-order chi connectivity index (χ1) is 17.2. The van der Waals surface area contributed by atoms with Crippen LogP contribution in [0.1, 0.15) is 26.3 Å². The Morgan fingerprint density at radius 1 is 0.806 bits per heavy atom. The van der Waals surface area contributed by atoms with E-state index in [4.69, 9.17) is 0 Å². The van der Waals surface area contributed by atoms with Gasteiger partial charge in [-0.1, -0.05) is 66.7 Å². The zero-order valence-electron chi connectivity index (χ0n) is 20.9. The van der Waals surface area contributed by atoms with Crippen LogP contribution < -0.4 is 9.62 Å². The molecule has 2 amide bonds. The Kier molecular flexibility index (Phi) is 9.25. The molecule has 1 N–H and O–H groups in total. The van der Waals surface area contributed by atoms with Crippen LogP contribution in [0, 0.1) is 0 Å². The van der Waals surface area contributed by atoms with Gasteiger partial charge in [-0.3, -0.25) is 13.9 Å². The van der Waals surface area contributed by atoms with Gasteiger partial charge < -0.3 is 10.2 Å². The second-order valence-corrected chi connectivity index (χ2v) is 10.7. The van der Waals surface area contributed by atoms with Crippen molar-refractivity contribution in [3.63, 3.8) is 0 Å². The topological polar surface area (TPSA) is 86.8 Å². The van der Waals surface area contributed by atoms with Crippen molar-refractivity contribution >= 4 is 27.5 Å². The Balaban J connectivity index is 1.93. The lowest BCUT2D eigenvalue weighted by Crippen LogP contribution is -2.53. The van der Waals surface area contributed by atoms with Gasteiger partial charge >= 0.3 is 0 Å².